The van der Waals surface area contributed by atoms with Crippen LogP contribution in [-0.2, 0) is 9.59 Å². The Labute approximate surface area is 137 Å². The summed E-state index contributed by atoms with van der Waals surface area (Å²) in [5.74, 6) is -2.82. The third-order valence-corrected chi connectivity index (χ3v) is 3.75. The molecule has 0 aromatic heterocycles. The van der Waals surface area contributed by atoms with Gasteiger partial charge in [0, 0.05) is 11.6 Å². The Morgan fingerprint density at radius 3 is 2.92 bits per heavy atom. The first-order valence-corrected chi connectivity index (χ1v) is 7.28. The van der Waals surface area contributed by atoms with Gasteiger partial charge in [-0.2, -0.15) is 13.9 Å². The highest BCUT2D eigenvalue weighted by Crippen LogP contribution is 2.23. The smallest absolute Gasteiger partial charge is 0.387 e. The lowest BCUT2D eigenvalue weighted by molar-refractivity contribution is -0.138. The van der Waals surface area contributed by atoms with E-state index in [1.807, 2.05) is 0 Å². The minimum absolute atomic E-state index is 0.0532. The number of carboxylic acid groups (broad SMARTS) is 1. The van der Waals surface area contributed by atoms with E-state index >= 15 is 0 Å². The van der Waals surface area contributed by atoms with Crippen LogP contribution < -0.4 is 10.1 Å². The van der Waals surface area contributed by atoms with Crippen LogP contribution in [-0.4, -0.2) is 40.2 Å². The molecule has 7 nitrogen and oxygen atoms in total. The Balaban J connectivity index is 2.09. The van der Waals surface area contributed by atoms with E-state index in [-0.39, 0.29) is 17.2 Å². The number of alkyl halides is 2. The van der Waals surface area contributed by atoms with Crippen LogP contribution in [0, 0.1) is 5.82 Å². The number of nitrogens with one attached hydrogen (secondary N) is 1. The number of nitrogens with zero attached hydrogens (tertiary/aromatic N) is 2. The average Bonchev–Trinajstić information content (AvgIpc) is 2.80. The summed E-state index contributed by atoms with van der Waals surface area (Å²) in [6, 6.07) is 2.97. The number of carboxylic acids is 1. The van der Waals surface area contributed by atoms with Gasteiger partial charge in [0.1, 0.15) is 16.8 Å². The number of ether oxygens (including phenoxy) is 1. The second-order valence-corrected chi connectivity index (χ2v) is 5.60. The van der Waals surface area contributed by atoms with Gasteiger partial charge in [0.15, 0.2) is 5.17 Å². The molecule has 1 aromatic carbocycles. The van der Waals surface area contributed by atoms with E-state index in [4.69, 9.17) is 5.11 Å². The van der Waals surface area contributed by atoms with Gasteiger partial charge in [-0.25, -0.2) is 4.39 Å². The van der Waals surface area contributed by atoms with Crippen LogP contribution in [0.15, 0.2) is 28.4 Å². The number of benzene rings is 1. The van der Waals surface area contributed by atoms with Crippen molar-refractivity contribution in [2.45, 2.75) is 18.3 Å². The third-order valence-electron chi connectivity index (χ3n) is 2.67. The van der Waals surface area contributed by atoms with Crippen molar-refractivity contribution in [3.05, 3.63) is 29.6 Å². The topological polar surface area (TPSA) is 100 Å². The summed E-state index contributed by atoms with van der Waals surface area (Å²) in [4.78, 5) is 22.1. The van der Waals surface area contributed by atoms with Gasteiger partial charge in [0.05, 0.1) is 12.6 Å². The molecule has 1 aliphatic rings. The molecular weight excluding hydrogens is 351 g/mol. The van der Waals surface area contributed by atoms with Crippen LogP contribution in [0.2, 0.25) is 0 Å². The van der Waals surface area contributed by atoms with Crippen molar-refractivity contribution in [1.82, 2.24) is 5.32 Å². The predicted octanol–water partition coefficient (Wildman–Crippen LogP) is 1.82. The number of aliphatic carboxylic acids is 1. The molecule has 0 radical (unpaired) electrons. The van der Waals surface area contributed by atoms with Crippen molar-refractivity contribution in [3.8, 4) is 5.75 Å². The quantitative estimate of drug-likeness (QED) is 0.595. The highest BCUT2D eigenvalue weighted by molar-refractivity contribution is 8.15. The molecule has 2 N–H and O–H groups in total. The molecular formula is C13H10F3N3O4S. The largest absolute Gasteiger partial charge is 0.481 e. The zero-order valence-corrected chi connectivity index (χ0v) is 12.6. The number of halogens is 3. The normalized spacial score (nSPS) is 19.2. The lowest BCUT2D eigenvalue weighted by Gasteiger charge is -2.07. The van der Waals surface area contributed by atoms with Crippen LogP contribution in [0.5, 0.6) is 5.75 Å². The van der Waals surface area contributed by atoms with Crippen LogP contribution in [0.25, 0.3) is 0 Å². The number of rotatable bonds is 6. The Kier molecular flexibility index (Phi) is 5.79. The number of carbonyl (C=O) groups excluding carboxylic acids is 1. The summed E-state index contributed by atoms with van der Waals surface area (Å²) in [5.41, 5.74) is 0.0532. The zero-order valence-electron chi connectivity index (χ0n) is 11.8. The Hall–Kier alpha value is -2.56. The minimum Gasteiger partial charge on any atom is -0.481 e. The fourth-order valence-electron chi connectivity index (χ4n) is 1.70. The second-order valence-electron chi connectivity index (χ2n) is 4.40. The SMILES string of the molecule is O=C(O)CC1SC(=NN=Cc2ccc(F)cc2OC(F)F)NC1=O. The Morgan fingerprint density at radius 2 is 2.25 bits per heavy atom. The van der Waals surface area contributed by atoms with E-state index in [0.29, 0.717) is 0 Å². The summed E-state index contributed by atoms with van der Waals surface area (Å²) in [6.45, 7) is -3.13. The highest BCUT2D eigenvalue weighted by atomic mass is 32.2. The first-order chi connectivity index (χ1) is 11.3. The van der Waals surface area contributed by atoms with Gasteiger partial charge in [-0.05, 0) is 12.1 Å². The van der Waals surface area contributed by atoms with E-state index in [1.165, 1.54) is 6.07 Å². The molecule has 0 saturated carbocycles. The first-order valence-electron chi connectivity index (χ1n) is 6.40. The molecule has 128 valence electrons. The molecule has 1 heterocycles. The summed E-state index contributed by atoms with van der Waals surface area (Å²) in [6.07, 6.45) is 0.672. The average molecular weight is 361 g/mol. The Morgan fingerprint density at radius 1 is 1.50 bits per heavy atom. The summed E-state index contributed by atoms with van der Waals surface area (Å²) >= 11 is 0.883. The third kappa shape index (κ3) is 4.98. The molecule has 0 bridgehead atoms. The lowest BCUT2D eigenvalue weighted by atomic mass is 10.2. The number of carbonyl (C=O) groups is 2. The van der Waals surface area contributed by atoms with E-state index in [1.54, 1.807) is 0 Å². The molecule has 1 aromatic rings. The minimum atomic E-state index is -3.13. The molecule has 24 heavy (non-hydrogen) atoms. The standard InChI is InChI=1S/C13H10F3N3O4S/c14-7-2-1-6(8(3-7)23-12(15)16)5-17-19-13-18-11(22)9(24-13)4-10(20)21/h1-3,5,9,12H,4H2,(H,20,21)(H,18,19,22). The number of hydrogen-bond acceptors (Lipinski definition) is 6. The maximum Gasteiger partial charge on any atom is 0.387 e. The van der Waals surface area contributed by atoms with Gasteiger partial charge in [0.25, 0.3) is 0 Å². The maximum absolute atomic E-state index is 13.1. The number of amidine groups is 1. The highest BCUT2D eigenvalue weighted by Gasteiger charge is 2.32. The van der Waals surface area contributed by atoms with E-state index in [2.05, 4.69) is 20.3 Å². The number of amides is 1. The molecule has 11 heteroatoms. The van der Waals surface area contributed by atoms with Crippen LogP contribution >= 0.6 is 11.8 Å². The number of thioether (sulfide) groups is 1. The lowest BCUT2D eigenvalue weighted by Crippen LogP contribution is -2.26. The zero-order chi connectivity index (χ0) is 17.7. The van der Waals surface area contributed by atoms with Crippen LogP contribution in [0.3, 0.4) is 0 Å². The monoisotopic (exact) mass is 361 g/mol. The molecule has 1 aliphatic heterocycles. The number of hydrogen-bond donors (Lipinski definition) is 2. The molecule has 0 spiro atoms. The van der Waals surface area contributed by atoms with Crippen LogP contribution in [0.4, 0.5) is 13.2 Å². The second kappa shape index (κ2) is 7.81. The Bertz CT molecular complexity index is 712. The van der Waals surface area contributed by atoms with Crippen molar-refractivity contribution >= 4 is 35.0 Å². The molecule has 1 atom stereocenters. The van der Waals surface area contributed by atoms with Gasteiger partial charge in [-0.3, -0.25) is 9.59 Å². The summed E-state index contributed by atoms with van der Waals surface area (Å²) < 4.78 is 41.8. The van der Waals surface area contributed by atoms with Crippen molar-refractivity contribution in [2.75, 3.05) is 0 Å². The fraction of sp³-hybridized carbons (Fsp3) is 0.231. The van der Waals surface area contributed by atoms with Gasteiger partial charge in [-0.1, -0.05) is 11.8 Å². The molecule has 1 saturated heterocycles. The van der Waals surface area contributed by atoms with Gasteiger partial charge in [0.2, 0.25) is 5.91 Å². The fourth-order valence-corrected chi connectivity index (χ4v) is 2.62. The van der Waals surface area contributed by atoms with Gasteiger partial charge >= 0.3 is 12.6 Å². The van der Waals surface area contributed by atoms with E-state index < -0.39 is 35.3 Å². The maximum atomic E-state index is 13.1. The first kappa shape index (κ1) is 17.8. The van der Waals surface area contributed by atoms with Crippen molar-refractivity contribution in [2.24, 2.45) is 10.2 Å². The summed E-state index contributed by atoms with van der Waals surface area (Å²) in [7, 11) is 0. The molecule has 1 unspecified atom stereocenters. The molecule has 0 aliphatic carbocycles. The predicted molar refractivity (Wildman–Crippen MR) is 79.8 cm³/mol. The van der Waals surface area contributed by atoms with Crippen LogP contribution in [0.1, 0.15) is 12.0 Å². The van der Waals surface area contributed by atoms with E-state index in [0.717, 1.165) is 30.1 Å². The summed E-state index contributed by atoms with van der Waals surface area (Å²) in [5, 5.41) is 17.5. The van der Waals surface area contributed by atoms with Crippen molar-refractivity contribution < 1.29 is 32.6 Å². The molecule has 1 fully saturated rings. The van der Waals surface area contributed by atoms with Gasteiger partial charge < -0.3 is 15.2 Å². The molecule has 1 amide bonds. The van der Waals surface area contributed by atoms with Crippen molar-refractivity contribution in [3.63, 3.8) is 0 Å². The van der Waals surface area contributed by atoms with Gasteiger partial charge in [-0.15, -0.1) is 5.10 Å². The van der Waals surface area contributed by atoms with Crippen molar-refractivity contribution in [1.29, 1.82) is 0 Å². The molecule has 2 rings (SSSR count). The van der Waals surface area contributed by atoms with E-state index in [9.17, 15) is 22.8 Å².